The number of hydrogen-bond donors (Lipinski definition) is 2. The number of esters is 1. The molecular formula is C16H14F2N2O5S. The molecule has 0 aliphatic heterocycles. The first-order valence-corrected chi connectivity index (χ1v) is 9.04. The Bertz CT molecular complexity index is 927. The van der Waals surface area contributed by atoms with E-state index in [1.807, 2.05) is 5.32 Å². The van der Waals surface area contributed by atoms with Crippen LogP contribution in [-0.2, 0) is 19.6 Å². The highest BCUT2D eigenvalue weighted by Gasteiger charge is 2.17. The molecule has 10 heteroatoms. The second-order valence-corrected chi connectivity index (χ2v) is 6.89. The number of amides is 1. The summed E-state index contributed by atoms with van der Waals surface area (Å²) in [7, 11) is -3.64. The maximum absolute atomic E-state index is 13.5. The Morgan fingerprint density at radius 3 is 2.27 bits per heavy atom. The lowest BCUT2D eigenvalue weighted by Crippen LogP contribution is -2.23. The maximum Gasteiger partial charge on any atom is 0.340 e. The number of nitrogens with one attached hydrogen (secondary N) is 2. The number of para-hydroxylation sites is 2. The van der Waals surface area contributed by atoms with Gasteiger partial charge in [0.1, 0.15) is 17.3 Å². The fourth-order valence-corrected chi connectivity index (χ4v) is 2.53. The van der Waals surface area contributed by atoms with Crippen molar-refractivity contribution in [2.24, 2.45) is 0 Å². The van der Waals surface area contributed by atoms with Crippen molar-refractivity contribution in [1.82, 2.24) is 0 Å². The molecular weight excluding hydrogens is 370 g/mol. The molecule has 2 aromatic carbocycles. The summed E-state index contributed by atoms with van der Waals surface area (Å²) in [6, 6.07) is 8.65. The van der Waals surface area contributed by atoms with Gasteiger partial charge >= 0.3 is 5.97 Å². The van der Waals surface area contributed by atoms with E-state index in [1.54, 1.807) is 0 Å². The zero-order valence-corrected chi connectivity index (χ0v) is 14.3. The summed E-state index contributed by atoms with van der Waals surface area (Å²) in [5, 5.41) is 1.96. The van der Waals surface area contributed by atoms with Crippen LogP contribution in [0.1, 0.15) is 10.4 Å². The second kappa shape index (κ2) is 7.91. The first-order chi connectivity index (χ1) is 12.2. The normalized spacial score (nSPS) is 10.9. The molecule has 2 N–H and O–H groups in total. The van der Waals surface area contributed by atoms with Crippen molar-refractivity contribution in [2.45, 2.75) is 0 Å². The topological polar surface area (TPSA) is 102 Å². The van der Waals surface area contributed by atoms with Gasteiger partial charge in [-0.1, -0.05) is 18.2 Å². The van der Waals surface area contributed by atoms with E-state index in [1.165, 1.54) is 24.3 Å². The van der Waals surface area contributed by atoms with E-state index in [2.05, 4.69) is 4.72 Å². The van der Waals surface area contributed by atoms with Gasteiger partial charge in [0.2, 0.25) is 10.0 Å². The molecule has 0 radical (unpaired) electrons. The van der Waals surface area contributed by atoms with E-state index < -0.39 is 45.8 Å². The van der Waals surface area contributed by atoms with E-state index >= 15 is 0 Å². The minimum absolute atomic E-state index is 0.0273. The quantitative estimate of drug-likeness (QED) is 0.743. The van der Waals surface area contributed by atoms with Crippen LogP contribution in [-0.4, -0.2) is 33.2 Å². The first kappa shape index (κ1) is 19.3. The van der Waals surface area contributed by atoms with Gasteiger partial charge in [-0.2, -0.15) is 0 Å². The molecule has 0 spiro atoms. The third kappa shape index (κ3) is 5.24. The predicted octanol–water partition coefficient (Wildman–Crippen LogP) is 2.13. The molecule has 0 saturated heterocycles. The van der Waals surface area contributed by atoms with Crippen molar-refractivity contribution in [3.8, 4) is 0 Å². The highest BCUT2D eigenvalue weighted by molar-refractivity contribution is 7.92. The van der Waals surface area contributed by atoms with Gasteiger partial charge < -0.3 is 10.1 Å². The molecule has 7 nitrogen and oxygen atoms in total. The third-order valence-corrected chi connectivity index (χ3v) is 3.59. The number of carbonyl (C=O) groups is 2. The molecule has 2 aromatic rings. The Kier molecular flexibility index (Phi) is 5.88. The highest BCUT2D eigenvalue weighted by atomic mass is 32.2. The average Bonchev–Trinajstić information content (AvgIpc) is 2.55. The molecule has 0 aliphatic carbocycles. The molecule has 138 valence electrons. The van der Waals surface area contributed by atoms with Gasteiger partial charge in [-0.25, -0.2) is 22.0 Å². The smallest absolute Gasteiger partial charge is 0.340 e. The van der Waals surface area contributed by atoms with Crippen molar-refractivity contribution in [3.63, 3.8) is 0 Å². The molecule has 2 rings (SSSR count). The van der Waals surface area contributed by atoms with Crippen molar-refractivity contribution in [3.05, 3.63) is 59.7 Å². The number of ether oxygens (including phenoxy) is 1. The highest BCUT2D eigenvalue weighted by Crippen LogP contribution is 2.19. The molecule has 26 heavy (non-hydrogen) atoms. The standard InChI is InChI=1S/C16H14F2N2O5S/c1-26(23,24)20-13-8-3-2-5-10(13)16(22)25-9-14(21)19-15-11(17)6-4-7-12(15)18/h2-8,20H,9H2,1H3,(H,19,21). The van der Waals surface area contributed by atoms with E-state index in [0.29, 0.717) is 0 Å². The summed E-state index contributed by atoms with van der Waals surface area (Å²) in [5.41, 5.74) is -0.809. The number of carbonyl (C=O) groups excluding carboxylic acids is 2. The first-order valence-electron chi connectivity index (χ1n) is 7.15. The average molecular weight is 384 g/mol. The summed E-state index contributed by atoms with van der Waals surface area (Å²) >= 11 is 0. The van der Waals surface area contributed by atoms with Gasteiger partial charge in [0, 0.05) is 0 Å². The van der Waals surface area contributed by atoms with Crippen molar-refractivity contribution >= 4 is 33.3 Å². The van der Waals surface area contributed by atoms with Crippen LogP contribution in [0.25, 0.3) is 0 Å². The fourth-order valence-electron chi connectivity index (χ4n) is 1.95. The Balaban J connectivity index is 2.04. The molecule has 0 aromatic heterocycles. The van der Waals surface area contributed by atoms with Crippen LogP contribution >= 0.6 is 0 Å². The lowest BCUT2D eigenvalue weighted by molar-refractivity contribution is -0.119. The zero-order valence-electron chi connectivity index (χ0n) is 13.5. The molecule has 0 heterocycles. The Morgan fingerprint density at radius 2 is 1.65 bits per heavy atom. The SMILES string of the molecule is CS(=O)(=O)Nc1ccccc1C(=O)OCC(=O)Nc1c(F)cccc1F. The van der Waals surface area contributed by atoms with Gasteiger partial charge in [-0.05, 0) is 24.3 Å². The number of benzene rings is 2. The van der Waals surface area contributed by atoms with Gasteiger partial charge in [0.15, 0.2) is 6.61 Å². The van der Waals surface area contributed by atoms with E-state index in [9.17, 15) is 26.8 Å². The van der Waals surface area contributed by atoms with Gasteiger partial charge in [-0.3, -0.25) is 9.52 Å². The van der Waals surface area contributed by atoms with Gasteiger partial charge in [0.25, 0.3) is 5.91 Å². The van der Waals surface area contributed by atoms with Crippen LogP contribution in [0.15, 0.2) is 42.5 Å². The summed E-state index contributed by atoms with van der Waals surface area (Å²) in [5.74, 6) is -3.91. The maximum atomic E-state index is 13.5. The molecule has 0 aliphatic rings. The number of sulfonamides is 1. The van der Waals surface area contributed by atoms with Crippen molar-refractivity contribution in [2.75, 3.05) is 22.9 Å². The molecule has 0 atom stereocenters. The van der Waals surface area contributed by atoms with Crippen molar-refractivity contribution in [1.29, 1.82) is 0 Å². The Hall–Kier alpha value is -3.01. The molecule has 0 fully saturated rings. The number of anilines is 2. The second-order valence-electron chi connectivity index (χ2n) is 5.14. The third-order valence-electron chi connectivity index (χ3n) is 3.00. The summed E-state index contributed by atoms with van der Waals surface area (Å²) < 4.78 is 56.4. The van der Waals surface area contributed by atoms with Gasteiger partial charge in [-0.15, -0.1) is 0 Å². The minimum atomic E-state index is -3.64. The van der Waals surface area contributed by atoms with Crippen LogP contribution in [0.4, 0.5) is 20.2 Å². The van der Waals surface area contributed by atoms with Crippen LogP contribution in [0.5, 0.6) is 0 Å². The lowest BCUT2D eigenvalue weighted by atomic mass is 10.2. The number of hydrogen-bond acceptors (Lipinski definition) is 5. The summed E-state index contributed by atoms with van der Waals surface area (Å²) in [6.07, 6.45) is 0.908. The van der Waals surface area contributed by atoms with Crippen LogP contribution in [0.2, 0.25) is 0 Å². The van der Waals surface area contributed by atoms with E-state index in [-0.39, 0.29) is 11.3 Å². The fraction of sp³-hybridized carbons (Fsp3) is 0.125. The van der Waals surface area contributed by atoms with E-state index in [4.69, 9.17) is 4.74 Å². The summed E-state index contributed by atoms with van der Waals surface area (Å²) in [6.45, 7) is -0.820. The van der Waals surface area contributed by atoms with Crippen LogP contribution in [0.3, 0.4) is 0 Å². The van der Waals surface area contributed by atoms with Gasteiger partial charge in [0.05, 0.1) is 17.5 Å². The minimum Gasteiger partial charge on any atom is -0.452 e. The molecule has 0 saturated carbocycles. The monoisotopic (exact) mass is 384 g/mol. The largest absolute Gasteiger partial charge is 0.452 e. The Morgan fingerprint density at radius 1 is 1.04 bits per heavy atom. The molecule has 0 unspecified atom stereocenters. The zero-order chi connectivity index (χ0) is 19.3. The molecule has 1 amide bonds. The van der Waals surface area contributed by atoms with Crippen molar-refractivity contribution < 1.29 is 31.5 Å². The molecule has 0 bridgehead atoms. The summed E-state index contributed by atoms with van der Waals surface area (Å²) in [4.78, 5) is 23.8. The predicted molar refractivity (Wildman–Crippen MR) is 90.2 cm³/mol. The Labute approximate surface area is 148 Å². The number of rotatable bonds is 6. The lowest BCUT2D eigenvalue weighted by Gasteiger charge is -2.11. The van der Waals surface area contributed by atoms with Crippen LogP contribution < -0.4 is 10.0 Å². The number of halogens is 2. The van der Waals surface area contributed by atoms with Crippen LogP contribution in [0, 0.1) is 11.6 Å². The van der Waals surface area contributed by atoms with E-state index in [0.717, 1.165) is 24.5 Å².